The number of phenolic OH excluding ortho intramolecular Hbond substituents is 1. The fourth-order valence-electron chi connectivity index (χ4n) is 1.65. The Morgan fingerprint density at radius 2 is 1.90 bits per heavy atom. The van der Waals surface area contributed by atoms with Crippen molar-refractivity contribution >= 4 is 10.1 Å². The Hall–Kier alpha value is -2.52. The highest BCUT2D eigenvalue weighted by molar-refractivity contribution is 7.86. The minimum absolute atomic E-state index is 0.00449. The van der Waals surface area contributed by atoms with Crippen LogP contribution in [-0.2, 0) is 15.9 Å². The predicted molar refractivity (Wildman–Crippen MR) is 72.5 cm³/mol. The number of rotatable bonds is 4. The molecule has 0 spiro atoms. The molecular formula is C14H11NO4S. The van der Waals surface area contributed by atoms with Gasteiger partial charge in [-0.15, -0.1) is 0 Å². The summed E-state index contributed by atoms with van der Waals surface area (Å²) in [5.74, 6) is -0.411. The fraction of sp³-hybridized carbons (Fsp3) is 0.0714. The third-order valence-corrected chi connectivity index (χ3v) is 3.60. The maximum absolute atomic E-state index is 11.9. The zero-order valence-electron chi connectivity index (χ0n) is 10.4. The number of nitriles is 1. The molecule has 0 radical (unpaired) electrons. The van der Waals surface area contributed by atoms with Crippen molar-refractivity contribution in [2.45, 2.75) is 5.75 Å². The molecule has 0 atom stereocenters. The van der Waals surface area contributed by atoms with Gasteiger partial charge in [-0.1, -0.05) is 24.3 Å². The van der Waals surface area contributed by atoms with E-state index in [2.05, 4.69) is 0 Å². The second-order valence-corrected chi connectivity index (χ2v) is 5.63. The van der Waals surface area contributed by atoms with Crippen molar-refractivity contribution in [2.24, 2.45) is 0 Å². The van der Waals surface area contributed by atoms with Crippen LogP contribution in [0.4, 0.5) is 0 Å². The molecule has 1 N–H and O–H groups in total. The van der Waals surface area contributed by atoms with Gasteiger partial charge in [-0.25, -0.2) is 0 Å². The van der Waals surface area contributed by atoms with Crippen LogP contribution in [0.1, 0.15) is 11.1 Å². The molecule has 0 saturated carbocycles. The maximum Gasteiger partial charge on any atom is 0.313 e. The number of nitrogens with zero attached hydrogens (tertiary/aromatic N) is 1. The fourth-order valence-corrected chi connectivity index (χ4v) is 2.71. The number of hydrogen-bond donors (Lipinski definition) is 1. The van der Waals surface area contributed by atoms with Crippen molar-refractivity contribution in [1.29, 1.82) is 5.26 Å². The van der Waals surface area contributed by atoms with Crippen LogP contribution in [0.25, 0.3) is 0 Å². The van der Waals surface area contributed by atoms with E-state index < -0.39 is 10.1 Å². The van der Waals surface area contributed by atoms with Gasteiger partial charge in [0, 0.05) is 0 Å². The highest BCUT2D eigenvalue weighted by Crippen LogP contribution is 2.21. The van der Waals surface area contributed by atoms with E-state index in [1.165, 1.54) is 24.3 Å². The van der Waals surface area contributed by atoms with Crippen molar-refractivity contribution in [2.75, 3.05) is 0 Å². The molecule has 0 aromatic heterocycles. The highest BCUT2D eigenvalue weighted by atomic mass is 32.2. The summed E-state index contributed by atoms with van der Waals surface area (Å²) >= 11 is 0. The minimum atomic E-state index is -3.90. The van der Waals surface area contributed by atoms with E-state index in [9.17, 15) is 13.5 Å². The second kappa shape index (κ2) is 5.63. The largest absolute Gasteiger partial charge is 0.508 e. The van der Waals surface area contributed by atoms with Crippen molar-refractivity contribution < 1.29 is 17.7 Å². The van der Waals surface area contributed by atoms with E-state index >= 15 is 0 Å². The Kier molecular flexibility index (Phi) is 3.91. The summed E-state index contributed by atoms with van der Waals surface area (Å²) in [6.07, 6.45) is 0. The SMILES string of the molecule is N#Cc1ccccc1OS(=O)(=O)Cc1cccc(O)c1. The molecule has 20 heavy (non-hydrogen) atoms. The summed E-state index contributed by atoms with van der Waals surface area (Å²) in [6, 6.07) is 13.9. The van der Waals surface area contributed by atoms with Crippen LogP contribution >= 0.6 is 0 Å². The monoisotopic (exact) mass is 289 g/mol. The molecule has 5 nitrogen and oxygen atoms in total. The highest BCUT2D eigenvalue weighted by Gasteiger charge is 2.16. The van der Waals surface area contributed by atoms with E-state index in [1.807, 2.05) is 6.07 Å². The van der Waals surface area contributed by atoms with Crippen LogP contribution in [-0.4, -0.2) is 13.5 Å². The molecule has 0 saturated heterocycles. The molecule has 0 fully saturated rings. The molecule has 0 amide bonds. The van der Waals surface area contributed by atoms with Gasteiger partial charge < -0.3 is 9.29 Å². The molecule has 0 unspecified atom stereocenters. The van der Waals surface area contributed by atoms with Crippen molar-refractivity contribution in [3.8, 4) is 17.6 Å². The molecule has 2 aromatic rings. The molecule has 2 aromatic carbocycles. The van der Waals surface area contributed by atoms with Gasteiger partial charge in [-0.3, -0.25) is 0 Å². The zero-order valence-corrected chi connectivity index (χ0v) is 11.2. The second-order valence-electron chi connectivity index (χ2n) is 4.06. The van der Waals surface area contributed by atoms with Gasteiger partial charge in [0.15, 0.2) is 5.75 Å². The lowest BCUT2D eigenvalue weighted by Crippen LogP contribution is -2.12. The van der Waals surface area contributed by atoms with E-state index in [0.29, 0.717) is 5.56 Å². The molecule has 0 aliphatic rings. The lowest BCUT2D eigenvalue weighted by atomic mass is 10.2. The number of aromatic hydroxyl groups is 1. The molecule has 0 heterocycles. The quantitative estimate of drug-likeness (QED) is 0.871. The van der Waals surface area contributed by atoms with Gasteiger partial charge in [-0.05, 0) is 29.8 Å². The smallest absolute Gasteiger partial charge is 0.313 e. The Labute approximate surface area is 116 Å². The van der Waals surface area contributed by atoms with Crippen molar-refractivity contribution in [3.63, 3.8) is 0 Å². The predicted octanol–water partition coefficient (Wildman–Crippen LogP) is 2.17. The van der Waals surface area contributed by atoms with Gasteiger partial charge in [0.2, 0.25) is 0 Å². The average Bonchev–Trinajstić information content (AvgIpc) is 2.38. The standard InChI is InChI=1S/C14H11NO4S/c15-9-12-5-1-2-7-14(12)19-20(17,18)10-11-4-3-6-13(16)8-11/h1-8,16H,10H2. The summed E-state index contributed by atoms with van der Waals surface area (Å²) in [5, 5.41) is 18.2. The Morgan fingerprint density at radius 1 is 1.15 bits per heavy atom. The van der Waals surface area contributed by atoms with Crippen LogP contribution in [0.3, 0.4) is 0 Å². The first-order chi connectivity index (χ1) is 9.50. The Bertz CT molecular complexity index is 763. The number of hydrogen-bond acceptors (Lipinski definition) is 5. The summed E-state index contributed by atoms with van der Waals surface area (Å²) in [7, 11) is -3.90. The number of phenols is 1. The molecule has 2 rings (SSSR count). The Balaban J connectivity index is 2.22. The molecule has 102 valence electrons. The van der Waals surface area contributed by atoms with E-state index in [-0.39, 0.29) is 22.8 Å². The number of benzene rings is 2. The van der Waals surface area contributed by atoms with Crippen LogP contribution in [0.15, 0.2) is 48.5 Å². The third-order valence-electron chi connectivity index (χ3n) is 2.48. The topological polar surface area (TPSA) is 87.4 Å². The first-order valence-electron chi connectivity index (χ1n) is 5.69. The van der Waals surface area contributed by atoms with Gasteiger partial charge in [0.1, 0.15) is 17.6 Å². The van der Waals surface area contributed by atoms with E-state index in [1.54, 1.807) is 24.3 Å². The maximum atomic E-state index is 11.9. The Morgan fingerprint density at radius 3 is 2.60 bits per heavy atom. The summed E-state index contributed by atoms with van der Waals surface area (Å²) < 4.78 is 28.8. The van der Waals surface area contributed by atoms with Gasteiger partial charge >= 0.3 is 10.1 Å². The van der Waals surface area contributed by atoms with Crippen LogP contribution < -0.4 is 4.18 Å². The normalized spacial score (nSPS) is 10.8. The number of para-hydroxylation sites is 1. The van der Waals surface area contributed by atoms with Crippen LogP contribution in [0.2, 0.25) is 0 Å². The van der Waals surface area contributed by atoms with Gasteiger partial charge in [0.05, 0.1) is 5.56 Å². The summed E-state index contributed by atoms with van der Waals surface area (Å²) in [5.41, 5.74) is 0.548. The van der Waals surface area contributed by atoms with Crippen LogP contribution in [0, 0.1) is 11.3 Å². The molecule has 0 bridgehead atoms. The third kappa shape index (κ3) is 3.49. The minimum Gasteiger partial charge on any atom is -0.508 e. The van der Waals surface area contributed by atoms with E-state index in [4.69, 9.17) is 9.44 Å². The lowest BCUT2D eigenvalue weighted by molar-refractivity contribution is 0.474. The van der Waals surface area contributed by atoms with E-state index in [0.717, 1.165) is 0 Å². The van der Waals surface area contributed by atoms with Crippen molar-refractivity contribution in [1.82, 2.24) is 0 Å². The molecular weight excluding hydrogens is 278 g/mol. The molecule has 0 aliphatic carbocycles. The first-order valence-corrected chi connectivity index (χ1v) is 7.27. The van der Waals surface area contributed by atoms with Gasteiger partial charge in [0.25, 0.3) is 0 Å². The zero-order chi connectivity index (χ0) is 14.6. The van der Waals surface area contributed by atoms with Crippen molar-refractivity contribution in [3.05, 3.63) is 59.7 Å². The summed E-state index contributed by atoms with van der Waals surface area (Å²) in [6.45, 7) is 0. The first kappa shape index (κ1) is 13.9. The van der Waals surface area contributed by atoms with Gasteiger partial charge in [-0.2, -0.15) is 13.7 Å². The molecule has 0 aliphatic heterocycles. The van der Waals surface area contributed by atoms with Crippen LogP contribution in [0.5, 0.6) is 11.5 Å². The lowest BCUT2D eigenvalue weighted by Gasteiger charge is -2.08. The average molecular weight is 289 g/mol. The molecule has 6 heteroatoms. The summed E-state index contributed by atoms with van der Waals surface area (Å²) in [4.78, 5) is 0.